The van der Waals surface area contributed by atoms with E-state index in [1.54, 1.807) is 24.3 Å². The first-order valence-electron chi connectivity index (χ1n) is 14.5. The van der Waals surface area contributed by atoms with Crippen LogP contribution in [0.2, 0.25) is 0 Å². The zero-order valence-electron chi connectivity index (χ0n) is 23.1. The van der Waals surface area contributed by atoms with E-state index < -0.39 is 11.6 Å². The van der Waals surface area contributed by atoms with Crippen molar-refractivity contribution < 1.29 is 27.4 Å². The Bertz CT molecular complexity index is 1580. The van der Waals surface area contributed by atoms with Crippen LogP contribution >= 0.6 is 0 Å². The Morgan fingerprint density at radius 2 is 1.26 bits per heavy atom. The molecule has 0 aliphatic heterocycles. The maximum atomic E-state index is 15.2. The minimum Gasteiger partial charge on any atom is -0.359 e. The summed E-state index contributed by atoms with van der Waals surface area (Å²) in [6.07, 6.45) is 7.86. The van der Waals surface area contributed by atoms with Crippen LogP contribution in [0.4, 0.5) is 8.78 Å². The molecular formula is C32H32F2N4O4. The fourth-order valence-electron chi connectivity index (χ4n) is 5.92. The third-order valence-corrected chi connectivity index (χ3v) is 8.25. The largest absolute Gasteiger partial charge is 0.359 e. The van der Waals surface area contributed by atoms with Gasteiger partial charge in [-0.3, -0.25) is 9.59 Å². The first-order valence-corrected chi connectivity index (χ1v) is 14.5. The Morgan fingerprint density at radius 3 is 1.88 bits per heavy atom. The number of amides is 2. The third kappa shape index (κ3) is 6.12. The Labute approximate surface area is 241 Å². The monoisotopic (exact) mass is 574 g/mol. The summed E-state index contributed by atoms with van der Waals surface area (Å²) in [6.45, 7) is 0.387. The smallest absolute Gasteiger partial charge is 0.223 e. The summed E-state index contributed by atoms with van der Waals surface area (Å²) >= 11 is 0. The van der Waals surface area contributed by atoms with Crippen molar-refractivity contribution in [2.24, 2.45) is 11.8 Å². The van der Waals surface area contributed by atoms with Gasteiger partial charge in [-0.25, -0.2) is 8.78 Å². The number of benzene rings is 2. The standard InChI is InChI=1S/C32H32F2N4O4/c33-22-10-11-25(30-16-24(42-38-30)18-36-32(40)20-7-3-4-8-20)26(14-22)27-13-21(9-12-28(27)34)29-15-23(41-37-29)17-35-31(39)19-5-1-2-6-19/h9-16,19-20H,1-8,17-18H2,(H,35,39)(H,36,40). The average molecular weight is 575 g/mol. The van der Waals surface area contributed by atoms with Gasteiger partial charge >= 0.3 is 0 Å². The molecule has 0 unspecified atom stereocenters. The van der Waals surface area contributed by atoms with Crippen LogP contribution in [0.5, 0.6) is 0 Å². The summed E-state index contributed by atoms with van der Waals surface area (Å²) < 4.78 is 40.5. The van der Waals surface area contributed by atoms with Crippen molar-refractivity contribution in [3.05, 3.63) is 71.7 Å². The summed E-state index contributed by atoms with van der Waals surface area (Å²) in [6, 6.07) is 11.9. The summed E-state index contributed by atoms with van der Waals surface area (Å²) in [7, 11) is 0. The average Bonchev–Trinajstić information content (AvgIpc) is 3.82. The maximum absolute atomic E-state index is 15.2. The molecule has 0 saturated heterocycles. The number of rotatable bonds is 9. The highest BCUT2D eigenvalue weighted by Gasteiger charge is 2.24. The number of hydrogen-bond acceptors (Lipinski definition) is 6. The second-order valence-corrected chi connectivity index (χ2v) is 11.1. The van der Waals surface area contributed by atoms with Gasteiger partial charge in [0.05, 0.1) is 13.1 Å². The lowest BCUT2D eigenvalue weighted by Gasteiger charge is -2.10. The van der Waals surface area contributed by atoms with E-state index in [1.807, 2.05) is 0 Å². The molecular weight excluding hydrogens is 542 g/mol. The molecule has 2 heterocycles. The normalized spacial score (nSPS) is 15.8. The molecule has 0 atom stereocenters. The molecule has 10 heteroatoms. The van der Waals surface area contributed by atoms with Crippen LogP contribution in [0.1, 0.15) is 62.9 Å². The van der Waals surface area contributed by atoms with Crippen molar-refractivity contribution in [2.75, 3.05) is 0 Å². The molecule has 2 aromatic carbocycles. The van der Waals surface area contributed by atoms with Crippen LogP contribution in [-0.2, 0) is 22.7 Å². The van der Waals surface area contributed by atoms with Crippen LogP contribution in [-0.4, -0.2) is 22.1 Å². The molecule has 8 nitrogen and oxygen atoms in total. The summed E-state index contributed by atoms with van der Waals surface area (Å²) in [5.74, 6) is -0.0792. The maximum Gasteiger partial charge on any atom is 0.223 e. The van der Waals surface area contributed by atoms with E-state index >= 15 is 4.39 Å². The van der Waals surface area contributed by atoms with Gasteiger partial charge in [0.1, 0.15) is 23.0 Å². The highest BCUT2D eigenvalue weighted by Crippen LogP contribution is 2.36. The predicted molar refractivity (Wildman–Crippen MR) is 150 cm³/mol. The van der Waals surface area contributed by atoms with Crippen molar-refractivity contribution in [1.29, 1.82) is 0 Å². The molecule has 218 valence electrons. The van der Waals surface area contributed by atoms with Gasteiger partial charge in [-0.2, -0.15) is 0 Å². The summed E-state index contributed by atoms with van der Waals surface area (Å²) in [5, 5.41) is 14.0. The van der Waals surface area contributed by atoms with E-state index in [9.17, 15) is 14.0 Å². The number of nitrogens with one attached hydrogen (secondary N) is 2. The van der Waals surface area contributed by atoms with Gasteiger partial charge in [0, 0.05) is 40.7 Å². The Morgan fingerprint density at radius 1 is 0.690 bits per heavy atom. The third-order valence-electron chi connectivity index (χ3n) is 8.25. The van der Waals surface area contributed by atoms with E-state index in [0.29, 0.717) is 34.0 Å². The summed E-state index contributed by atoms with van der Waals surface area (Å²) in [4.78, 5) is 24.8. The number of aromatic nitrogens is 2. The Kier molecular flexibility index (Phi) is 8.12. The predicted octanol–water partition coefficient (Wildman–Crippen LogP) is 6.55. The first-order chi connectivity index (χ1) is 20.4. The van der Waals surface area contributed by atoms with Gasteiger partial charge in [-0.05, 0) is 67.6 Å². The molecule has 2 amide bonds. The Balaban J connectivity index is 1.20. The topological polar surface area (TPSA) is 110 Å². The Hall–Kier alpha value is -4.34. The quantitative estimate of drug-likeness (QED) is 0.234. The van der Waals surface area contributed by atoms with E-state index in [-0.39, 0.29) is 47.9 Å². The van der Waals surface area contributed by atoms with Crippen molar-refractivity contribution in [2.45, 2.75) is 64.5 Å². The SMILES string of the molecule is O=C(NCc1cc(-c2ccc(F)c(-c3cc(F)ccc3-c3cc(CNC(=O)C4CCCC4)on3)c2)no1)C1CCCC1. The molecule has 2 N–H and O–H groups in total. The molecule has 2 fully saturated rings. The van der Waals surface area contributed by atoms with Crippen LogP contribution < -0.4 is 10.6 Å². The lowest BCUT2D eigenvalue weighted by molar-refractivity contribution is -0.125. The van der Waals surface area contributed by atoms with Gasteiger partial charge in [-0.15, -0.1) is 0 Å². The molecule has 0 spiro atoms. The highest BCUT2D eigenvalue weighted by molar-refractivity contribution is 5.84. The lowest BCUT2D eigenvalue weighted by Crippen LogP contribution is -2.28. The fourth-order valence-corrected chi connectivity index (χ4v) is 5.92. The van der Waals surface area contributed by atoms with Crippen LogP contribution in [0.3, 0.4) is 0 Å². The molecule has 6 rings (SSSR count). The number of nitrogens with zero attached hydrogens (tertiary/aromatic N) is 2. The fraction of sp³-hybridized carbons (Fsp3) is 0.375. The van der Waals surface area contributed by atoms with E-state index in [2.05, 4.69) is 20.9 Å². The van der Waals surface area contributed by atoms with Crippen LogP contribution in [0.25, 0.3) is 33.6 Å². The first kappa shape index (κ1) is 27.8. The summed E-state index contributed by atoms with van der Waals surface area (Å²) in [5.41, 5.74) is 2.33. The van der Waals surface area contributed by atoms with Crippen LogP contribution in [0, 0.1) is 23.5 Å². The molecule has 0 bridgehead atoms. The second kappa shape index (κ2) is 12.3. The van der Waals surface area contributed by atoms with Gasteiger partial charge in [-0.1, -0.05) is 36.0 Å². The van der Waals surface area contributed by atoms with Gasteiger partial charge in [0.25, 0.3) is 0 Å². The number of carbonyl (C=O) groups is 2. The van der Waals surface area contributed by atoms with Gasteiger partial charge in [0.15, 0.2) is 11.5 Å². The molecule has 42 heavy (non-hydrogen) atoms. The second-order valence-electron chi connectivity index (χ2n) is 11.1. The lowest BCUT2D eigenvalue weighted by atomic mass is 9.95. The van der Waals surface area contributed by atoms with Gasteiger partial charge in [0.2, 0.25) is 11.8 Å². The zero-order chi connectivity index (χ0) is 29.1. The van der Waals surface area contributed by atoms with Crippen molar-refractivity contribution in [3.8, 4) is 33.6 Å². The molecule has 2 aromatic heterocycles. The number of hydrogen-bond donors (Lipinski definition) is 2. The van der Waals surface area contributed by atoms with Crippen molar-refractivity contribution in [3.63, 3.8) is 0 Å². The highest BCUT2D eigenvalue weighted by atomic mass is 19.1. The van der Waals surface area contributed by atoms with E-state index in [0.717, 1.165) is 51.4 Å². The van der Waals surface area contributed by atoms with Gasteiger partial charge < -0.3 is 19.7 Å². The van der Waals surface area contributed by atoms with E-state index in [4.69, 9.17) is 9.05 Å². The van der Waals surface area contributed by atoms with Crippen molar-refractivity contribution in [1.82, 2.24) is 20.9 Å². The van der Waals surface area contributed by atoms with Crippen LogP contribution in [0.15, 0.2) is 57.6 Å². The molecule has 0 radical (unpaired) electrons. The molecule has 4 aromatic rings. The number of halogens is 2. The molecule has 2 aliphatic carbocycles. The minimum atomic E-state index is -0.550. The molecule has 2 aliphatic rings. The number of carbonyl (C=O) groups excluding carboxylic acids is 2. The van der Waals surface area contributed by atoms with E-state index in [1.165, 1.54) is 24.3 Å². The zero-order valence-corrected chi connectivity index (χ0v) is 23.1. The minimum absolute atomic E-state index is 0.000912. The van der Waals surface area contributed by atoms with Crippen molar-refractivity contribution >= 4 is 11.8 Å². The molecule has 2 saturated carbocycles.